The molecule has 0 aliphatic rings. The minimum Gasteiger partial charge on any atom is -0.399 e. The number of nitrogen functional groups attached to an aromatic ring is 1. The normalized spacial score (nSPS) is 11.4. The van der Waals surface area contributed by atoms with E-state index < -0.39 is 33.2 Å². The third kappa shape index (κ3) is 3.10. The summed E-state index contributed by atoms with van der Waals surface area (Å²) in [6.45, 7) is 1.63. The molecule has 4 nitrogen and oxygen atoms in total. The summed E-state index contributed by atoms with van der Waals surface area (Å²) in [5.74, 6) is -4.77. The van der Waals surface area contributed by atoms with Crippen molar-refractivity contribution in [1.29, 1.82) is 0 Å². The third-order valence-electron chi connectivity index (χ3n) is 2.66. The molecule has 0 unspecified atom stereocenters. The largest absolute Gasteiger partial charge is 0.399 e. The summed E-state index contributed by atoms with van der Waals surface area (Å²) in [5, 5.41) is 0. The average Bonchev–Trinajstić information content (AvgIpc) is 2.38. The van der Waals surface area contributed by atoms with Crippen LogP contribution in [0.15, 0.2) is 35.2 Å². The fourth-order valence-electron chi connectivity index (χ4n) is 1.74. The molecule has 21 heavy (non-hydrogen) atoms. The molecule has 0 fully saturated rings. The second-order valence-electron chi connectivity index (χ2n) is 4.41. The Kier molecular flexibility index (Phi) is 3.82. The van der Waals surface area contributed by atoms with Crippen LogP contribution in [0.3, 0.4) is 0 Å². The van der Waals surface area contributed by atoms with Gasteiger partial charge >= 0.3 is 0 Å². The Hall–Kier alpha value is -2.22. The highest BCUT2D eigenvalue weighted by atomic mass is 32.2. The lowest BCUT2D eigenvalue weighted by Gasteiger charge is -2.10. The molecule has 0 amide bonds. The molecule has 0 aliphatic carbocycles. The molecule has 0 heterocycles. The highest BCUT2D eigenvalue weighted by Crippen LogP contribution is 2.24. The summed E-state index contributed by atoms with van der Waals surface area (Å²) >= 11 is 0. The van der Waals surface area contributed by atoms with E-state index in [0.29, 0.717) is 11.6 Å². The Labute approximate surface area is 119 Å². The molecule has 0 bridgehead atoms. The van der Waals surface area contributed by atoms with Crippen molar-refractivity contribution in [3.8, 4) is 0 Å². The van der Waals surface area contributed by atoms with Crippen LogP contribution >= 0.6 is 0 Å². The van der Waals surface area contributed by atoms with E-state index in [1.807, 2.05) is 4.72 Å². The minimum absolute atomic E-state index is 0.205. The first-order valence-corrected chi connectivity index (χ1v) is 7.22. The van der Waals surface area contributed by atoms with E-state index in [0.717, 1.165) is 6.07 Å². The predicted octanol–water partition coefficient (Wildman–Crippen LogP) is 2.80. The second kappa shape index (κ2) is 5.28. The van der Waals surface area contributed by atoms with Gasteiger partial charge in [0.15, 0.2) is 17.5 Å². The van der Waals surface area contributed by atoms with Crippen molar-refractivity contribution in [1.82, 2.24) is 0 Å². The summed E-state index contributed by atoms with van der Waals surface area (Å²) in [6.07, 6.45) is 0. The van der Waals surface area contributed by atoms with Gasteiger partial charge in [0.2, 0.25) is 0 Å². The lowest BCUT2D eigenvalue weighted by molar-refractivity contribution is 0.449. The van der Waals surface area contributed by atoms with Gasteiger partial charge in [-0.3, -0.25) is 4.72 Å². The van der Waals surface area contributed by atoms with Crippen LogP contribution in [0.5, 0.6) is 0 Å². The zero-order valence-corrected chi connectivity index (χ0v) is 11.6. The minimum atomic E-state index is -4.17. The van der Waals surface area contributed by atoms with E-state index in [-0.39, 0.29) is 10.6 Å². The van der Waals surface area contributed by atoms with Crippen LogP contribution < -0.4 is 10.5 Å². The van der Waals surface area contributed by atoms with Gasteiger partial charge < -0.3 is 5.73 Å². The Morgan fingerprint density at radius 1 is 1.05 bits per heavy atom. The smallest absolute Gasteiger partial charge is 0.262 e. The van der Waals surface area contributed by atoms with Gasteiger partial charge in [-0.15, -0.1) is 0 Å². The number of nitrogens with one attached hydrogen (secondary N) is 1. The number of halogens is 3. The van der Waals surface area contributed by atoms with Crippen LogP contribution in [0, 0.1) is 24.4 Å². The van der Waals surface area contributed by atoms with E-state index >= 15 is 0 Å². The quantitative estimate of drug-likeness (QED) is 0.675. The summed E-state index contributed by atoms with van der Waals surface area (Å²) < 4.78 is 65.5. The van der Waals surface area contributed by atoms with Crippen molar-refractivity contribution in [2.45, 2.75) is 11.8 Å². The molecule has 0 radical (unpaired) electrons. The van der Waals surface area contributed by atoms with Crippen LogP contribution in [0.2, 0.25) is 0 Å². The molecule has 0 saturated heterocycles. The van der Waals surface area contributed by atoms with E-state index in [1.54, 1.807) is 13.0 Å². The molecule has 2 aromatic rings. The van der Waals surface area contributed by atoms with Gasteiger partial charge in [-0.1, -0.05) is 0 Å². The Morgan fingerprint density at radius 3 is 2.33 bits per heavy atom. The number of aryl methyl sites for hydroxylation is 1. The maximum absolute atomic E-state index is 13.5. The van der Waals surface area contributed by atoms with Crippen molar-refractivity contribution in [3.05, 3.63) is 53.3 Å². The molecule has 0 spiro atoms. The van der Waals surface area contributed by atoms with Crippen molar-refractivity contribution in [3.63, 3.8) is 0 Å². The first kappa shape index (κ1) is 15.2. The van der Waals surface area contributed by atoms with Crippen molar-refractivity contribution in [2.24, 2.45) is 0 Å². The zero-order chi connectivity index (χ0) is 15.8. The van der Waals surface area contributed by atoms with Gasteiger partial charge in [-0.2, -0.15) is 0 Å². The van der Waals surface area contributed by atoms with Crippen molar-refractivity contribution < 1.29 is 21.6 Å². The number of benzene rings is 2. The zero-order valence-electron chi connectivity index (χ0n) is 10.8. The number of rotatable bonds is 3. The average molecular weight is 316 g/mol. The van der Waals surface area contributed by atoms with Gasteiger partial charge in [-0.25, -0.2) is 21.6 Å². The van der Waals surface area contributed by atoms with Gasteiger partial charge in [0.1, 0.15) is 0 Å². The standard InChI is InChI=1S/C13H11F3N2O2S/c1-7-4-8(17)6-9(5-7)21(19,20)18-11-3-2-10(14)12(15)13(11)16/h2-6,18H,17H2,1H3. The number of sulfonamides is 1. The Bertz CT molecular complexity index is 787. The maximum atomic E-state index is 13.5. The van der Waals surface area contributed by atoms with Gasteiger partial charge in [-0.05, 0) is 42.8 Å². The van der Waals surface area contributed by atoms with Crippen LogP contribution in [0.4, 0.5) is 24.5 Å². The number of hydrogen-bond acceptors (Lipinski definition) is 3. The summed E-state index contributed by atoms with van der Waals surface area (Å²) in [7, 11) is -4.17. The third-order valence-corrected chi connectivity index (χ3v) is 4.01. The van der Waals surface area contributed by atoms with Crippen molar-refractivity contribution in [2.75, 3.05) is 10.5 Å². The molecule has 0 atom stereocenters. The lowest BCUT2D eigenvalue weighted by Crippen LogP contribution is -2.15. The Balaban J connectivity index is 2.45. The highest BCUT2D eigenvalue weighted by Gasteiger charge is 2.20. The molecule has 2 rings (SSSR count). The van der Waals surface area contributed by atoms with E-state index in [4.69, 9.17) is 5.73 Å². The topological polar surface area (TPSA) is 72.2 Å². The molecule has 8 heteroatoms. The molecule has 112 valence electrons. The first-order chi connectivity index (χ1) is 9.70. The number of nitrogens with two attached hydrogens (primary N) is 1. The molecule has 3 N–H and O–H groups in total. The van der Waals surface area contributed by atoms with Crippen LogP contribution in [0.25, 0.3) is 0 Å². The fraction of sp³-hybridized carbons (Fsp3) is 0.0769. The maximum Gasteiger partial charge on any atom is 0.262 e. The van der Waals surface area contributed by atoms with Gasteiger partial charge in [0, 0.05) is 5.69 Å². The fourth-order valence-corrected chi connectivity index (χ4v) is 2.94. The van der Waals surface area contributed by atoms with E-state index in [9.17, 15) is 21.6 Å². The van der Waals surface area contributed by atoms with Crippen molar-refractivity contribution >= 4 is 21.4 Å². The monoisotopic (exact) mass is 316 g/mol. The van der Waals surface area contributed by atoms with Gasteiger partial charge in [0.25, 0.3) is 10.0 Å². The van der Waals surface area contributed by atoms with Crippen LogP contribution in [0.1, 0.15) is 5.56 Å². The molecular weight excluding hydrogens is 305 g/mol. The molecule has 2 aromatic carbocycles. The summed E-state index contributed by atoms with van der Waals surface area (Å²) in [4.78, 5) is -0.205. The summed E-state index contributed by atoms with van der Waals surface area (Å²) in [5.41, 5.74) is 5.66. The molecule has 0 aromatic heterocycles. The van der Waals surface area contributed by atoms with E-state index in [2.05, 4.69) is 0 Å². The molecular formula is C13H11F3N2O2S. The number of anilines is 2. The van der Waals surface area contributed by atoms with Crippen LogP contribution in [-0.2, 0) is 10.0 Å². The second-order valence-corrected chi connectivity index (χ2v) is 6.09. The first-order valence-electron chi connectivity index (χ1n) is 5.74. The molecule has 0 aliphatic heterocycles. The summed E-state index contributed by atoms with van der Waals surface area (Å²) in [6, 6.07) is 5.46. The predicted molar refractivity (Wildman–Crippen MR) is 72.7 cm³/mol. The van der Waals surface area contributed by atoms with E-state index in [1.165, 1.54) is 12.1 Å². The van der Waals surface area contributed by atoms with Gasteiger partial charge in [0.05, 0.1) is 10.6 Å². The lowest BCUT2D eigenvalue weighted by atomic mass is 10.2. The van der Waals surface area contributed by atoms with Crippen LogP contribution in [-0.4, -0.2) is 8.42 Å². The molecule has 0 saturated carbocycles. The Morgan fingerprint density at radius 2 is 1.71 bits per heavy atom. The highest BCUT2D eigenvalue weighted by molar-refractivity contribution is 7.92. The number of hydrogen-bond donors (Lipinski definition) is 2. The SMILES string of the molecule is Cc1cc(N)cc(S(=O)(=O)Nc2ccc(F)c(F)c2F)c1.